The largest absolute Gasteiger partial charge is 0.294 e. The third kappa shape index (κ3) is 3.10. The molecule has 0 spiro atoms. The zero-order valence-corrected chi connectivity index (χ0v) is 15.3. The summed E-state index contributed by atoms with van der Waals surface area (Å²) < 4.78 is 4.22. The Morgan fingerprint density at radius 3 is 2.48 bits per heavy atom. The van der Waals surface area contributed by atoms with Gasteiger partial charge in [-0.25, -0.2) is 9.67 Å². The number of halogens is 2. The normalized spacial score (nSPS) is 11.1. The highest BCUT2D eigenvalue weighted by Crippen LogP contribution is 2.17. The van der Waals surface area contributed by atoms with Crippen molar-refractivity contribution in [1.82, 2.24) is 19.3 Å². The predicted molar refractivity (Wildman–Crippen MR) is 101 cm³/mol. The van der Waals surface area contributed by atoms with E-state index in [9.17, 15) is 4.79 Å². The molecular formula is C18H12BrClN4O. The molecule has 0 saturated carbocycles. The van der Waals surface area contributed by atoms with Gasteiger partial charge in [-0.2, -0.15) is 5.10 Å². The molecule has 124 valence electrons. The predicted octanol–water partition coefficient (Wildman–Crippen LogP) is 4.05. The first-order valence-electron chi connectivity index (χ1n) is 7.55. The van der Waals surface area contributed by atoms with Gasteiger partial charge < -0.3 is 0 Å². The molecule has 7 heteroatoms. The molecule has 0 amide bonds. The smallest absolute Gasteiger partial charge is 0.264 e. The fourth-order valence-corrected chi connectivity index (χ4v) is 3.01. The molecule has 0 atom stereocenters. The first-order valence-corrected chi connectivity index (χ1v) is 8.72. The summed E-state index contributed by atoms with van der Waals surface area (Å²) >= 11 is 9.33. The van der Waals surface area contributed by atoms with Gasteiger partial charge in [-0.3, -0.25) is 9.36 Å². The molecule has 0 aliphatic heterocycles. The van der Waals surface area contributed by atoms with Crippen LogP contribution in [-0.4, -0.2) is 19.3 Å². The molecule has 4 aromatic rings. The maximum atomic E-state index is 12.7. The SMILES string of the molecule is O=c1c2cnn(-c3ccc(Cl)cc3)c2ncn1Cc1ccc(Br)cc1. The van der Waals surface area contributed by atoms with Crippen molar-refractivity contribution >= 4 is 38.6 Å². The van der Waals surface area contributed by atoms with Gasteiger partial charge in [0.25, 0.3) is 5.56 Å². The summed E-state index contributed by atoms with van der Waals surface area (Å²) in [4.78, 5) is 17.2. The van der Waals surface area contributed by atoms with E-state index in [0.717, 1.165) is 15.7 Å². The Bertz CT molecular complexity index is 1100. The van der Waals surface area contributed by atoms with E-state index < -0.39 is 0 Å². The van der Waals surface area contributed by atoms with Gasteiger partial charge in [-0.05, 0) is 42.0 Å². The van der Waals surface area contributed by atoms with E-state index in [-0.39, 0.29) is 5.56 Å². The Labute approximate surface area is 156 Å². The van der Waals surface area contributed by atoms with Gasteiger partial charge in [-0.1, -0.05) is 39.7 Å². The van der Waals surface area contributed by atoms with Crippen molar-refractivity contribution in [3.05, 3.63) is 86.5 Å². The molecule has 0 saturated heterocycles. The number of hydrogen-bond donors (Lipinski definition) is 0. The van der Waals surface area contributed by atoms with Crippen molar-refractivity contribution in [3.63, 3.8) is 0 Å². The quantitative estimate of drug-likeness (QED) is 0.507. The van der Waals surface area contributed by atoms with Gasteiger partial charge in [0.2, 0.25) is 0 Å². The number of fused-ring (bicyclic) bond motifs is 1. The van der Waals surface area contributed by atoms with Crippen LogP contribution in [-0.2, 0) is 6.54 Å². The molecule has 0 radical (unpaired) electrons. The first-order chi connectivity index (χ1) is 12.1. The number of aromatic nitrogens is 4. The second-order valence-electron chi connectivity index (χ2n) is 5.57. The molecule has 2 aromatic heterocycles. The van der Waals surface area contributed by atoms with Gasteiger partial charge >= 0.3 is 0 Å². The lowest BCUT2D eigenvalue weighted by Crippen LogP contribution is -2.21. The van der Waals surface area contributed by atoms with Crippen LogP contribution in [0.2, 0.25) is 5.02 Å². The fraction of sp³-hybridized carbons (Fsp3) is 0.0556. The van der Waals surface area contributed by atoms with E-state index in [1.54, 1.807) is 33.9 Å². The highest BCUT2D eigenvalue weighted by atomic mass is 79.9. The molecule has 0 aliphatic carbocycles. The molecule has 4 rings (SSSR count). The Morgan fingerprint density at radius 2 is 1.76 bits per heavy atom. The van der Waals surface area contributed by atoms with Crippen LogP contribution in [0.1, 0.15) is 5.56 Å². The van der Waals surface area contributed by atoms with E-state index in [0.29, 0.717) is 22.6 Å². The van der Waals surface area contributed by atoms with Crippen LogP contribution in [0.5, 0.6) is 0 Å². The Morgan fingerprint density at radius 1 is 1.04 bits per heavy atom. The molecule has 2 aromatic carbocycles. The average molecular weight is 416 g/mol. The Hall–Kier alpha value is -2.44. The summed E-state index contributed by atoms with van der Waals surface area (Å²) in [5.41, 5.74) is 2.24. The highest BCUT2D eigenvalue weighted by molar-refractivity contribution is 9.10. The van der Waals surface area contributed by atoms with Crippen molar-refractivity contribution in [2.75, 3.05) is 0 Å². The molecule has 0 fully saturated rings. The second-order valence-corrected chi connectivity index (χ2v) is 6.93. The minimum absolute atomic E-state index is 0.117. The summed E-state index contributed by atoms with van der Waals surface area (Å²) in [5.74, 6) is 0. The van der Waals surface area contributed by atoms with Crippen molar-refractivity contribution in [2.24, 2.45) is 0 Å². The van der Waals surface area contributed by atoms with Crippen molar-refractivity contribution < 1.29 is 0 Å². The van der Waals surface area contributed by atoms with Crippen molar-refractivity contribution in [3.8, 4) is 5.69 Å². The number of benzene rings is 2. The monoisotopic (exact) mass is 414 g/mol. The van der Waals surface area contributed by atoms with E-state index in [1.165, 1.54) is 0 Å². The van der Waals surface area contributed by atoms with Crippen LogP contribution in [0.25, 0.3) is 16.7 Å². The third-order valence-corrected chi connectivity index (χ3v) is 4.67. The zero-order valence-electron chi connectivity index (χ0n) is 12.9. The lowest BCUT2D eigenvalue weighted by Gasteiger charge is -2.07. The maximum Gasteiger partial charge on any atom is 0.264 e. The van der Waals surface area contributed by atoms with Crippen molar-refractivity contribution in [2.45, 2.75) is 6.54 Å². The molecule has 0 N–H and O–H groups in total. The van der Waals surface area contributed by atoms with Crippen LogP contribution >= 0.6 is 27.5 Å². The van der Waals surface area contributed by atoms with Crippen molar-refractivity contribution in [1.29, 1.82) is 0 Å². The van der Waals surface area contributed by atoms with Gasteiger partial charge in [0, 0.05) is 9.50 Å². The summed E-state index contributed by atoms with van der Waals surface area (Å²) in [5, 5.41) is 5.43. The zero-order chi connectivity index (χ0) is 17.4. The lowest BCUT2D eigenvalue weighted by molar-refractivity contribution is 0.745. The Kier molecular flexibility index (Phi) is 4.15. The molecule has 25 heavy (non-hydrogen) atoms. The first kappa shape index (κ1) is 16.1. The van der Waals surface area contributed by atoms with Gasteiger partial charge in [0.1, 0.15) is 11.7 Å². The molecule has 0 unspecified atom stereocenters. The van der Waals surface area contributed by atoms with Crippen LogP contribution in [0.15, 0.2) is 70.3 Å². The minimum Gasteiger partial charge on any atom is -0.294 e. The Balaban J connectivity index is 1.75. The van der Waals surface area contributed by atoms with E-state index in [1.807, 2.05) is 36.4 Å². The maximum absolute atomic E-state index is 12.7. The van der Waals surface area contributed by atoms with Crippen LogP contribution in [0.4, 0.5) is 0 Å². The van der Waals surface area contributed by atoms with Crippen LogP contribution in [0.3, 0.4) is 0 Å². The average Bonchev–Trinajstić information content (AvgIpc) is 3.05. The van der Waals surface area contributed by atoms with Crippen LogP contribution in [0, 0.1) is 0 Å². The number of nitrogens with zero attached hydrogens (tertiary/aromatic N) is 4. The van der Waals surface area contributed by atoms with Gasteiger partial charge in [-0.15, -0.1) is 0 Å². The summed E-state index contributed by atoms with van der Waals surface area (Å²) in [7, 11) is 0. The highest BCUT2D eigenvalue weighted by Gasteiger charge is 2.11. The second kappa shape index (κ2) is 6.46. The van der Waals surface area contributed by atoms with E-state index >= 15 is 0 Å². The molecule has 0 aliphatic rings. The minimum atomic E-state index is -0.117. The molecule has 0 bridgehead atoms. The summed E-state index contributed by atoms with van der Waals surface area (Å²) in [6.07, 6.45) is 3.11. The van der Waals surface area contributed by atoms with E-state index in [2.05, 4.69) is 26.0 Å². The molecule has 2 heterocycles. The van der Waals surface area contributed by atoms with E-state index in [4.69, 9.17) is 11.6 Å². The molecular weight excluding hydrogens is 404 g/mol. The standard InChI is InChI=1S/C18H12BrClN4O/c19-13-3-1-12(2-4-13)10-23-11-21-17-16(18(23)25)9-22-24(17)15-7-5-14(20)6-8-15/h1-9,11H,10H2. The van der Waals surface area contributed by atoms with Gasteiger partial charge in [0.05, 0.1) is 18.4 Å². The van der Waals surface area contributed by atoms with Gasteiger partial charge in [0.15, 0.2) is 5.65 Å². The number of hydrogen-bond acceptors (Lipinski definition) is 3. The third-order valence-electron chi connectivity index (χ3n) is 3.89. The lowest BCUT2D eigenvalue weighted by atomic mass is 10.2. The summed E-state index contributed by atoms with van der Waals surface area (Å²) in [6, 6.07) is 15.1. The molecule has 5 nitrogen and oxygen atoms in total. The van der Waals surface area contributed by atoms with Crippen LogP contribution < -0.4 is 5.56 Å². The fourth-order valence-electron chi connectivity index (χ4n) is 2.62. The topological polar surface area (TPSA) is 52.7 Å². The summed E-state index contributed by atoms with van der Waals surface area (Å²) in [6.45, 7) is 0.460. The number of rotatable bonds is 3.